The van der Waals surface area contributed by atoms with Gasteiger partial charge in [-0.05, 0) is 36.1 Å². The SMILES string of the molecule is OCCOc1ccc2c(c1)CCC2O. The van der Waals surface area contributed by atoms with Gasteiger partial charge in [-0.1, -0.05) is 6.07 Å². The second-order valence-corrected chi connectivity index (χ2v) is 3.49. The molecule has 0 fully saturated rings. The maximum absolute atomic E-state index is 9.57. The summed E-state index contributed by atoms with van der Waals surface area (Å²) < 4.78 is 5.28. The van der Waals surface area contributed by atoms with Gasteiger partial charge in [0.05, 0.1) is 12.7 Å². The Morgan fingerprint density at radius 3 is 3.07 bits per heavy atom. The first-order valence-corrected chi connectivity index (χ1v) is 4.86. The van der Waals surface area contributed by atoms with Gasteiger partial charge in [-0.2, -0.15) is 0 Å². The smallest absolute Gasteiger partial charge is 0.119 e. The minimum absolute atomic E-state index is 0.0275. The molecule has 0 bridgehead atoms. The highest BCUT2D eigenvalue weighted by Gasteiger charge is 2.20. The van der Waals surface area contributed by atoms with Crippen molar-refractivity contribution < 1.29 is 14.9 Å². The van der Waals surface area contributed by atoms with E-state index in [0.717, 1.165) is 29.7 Å². The van der Waals surface area contributed by atoms with E-state index in [0.29, 0.717) is 6.61 Å². The molecule has 2 rings (SSSR count). The third kappa shape index (κ3) is 1.74. The summed E-state index contributed by atoms with van der Waals surface area (Å²) >= 11 is 0. The number of ether oxygens (including phenoxy) is 1. The molecule has 1 aromatic rings. The van der Waals surface area contributed by atoms with Gasteiger partial charge >= 0.3 is 0 Å². The molecule has 0 amide bonds. The minimum atomic E-state index is -0.308. The average Bonchev–Trinajstić information content (AvgIpc) is 2.57. The standard InChI is InChI=1S/C11H14O3/c12-5-6-14-9-2-3-10-8(7-9)1-4-11(10)13/h2-3,7,11-13H,1,4-6H2. The van der Waals surface area contributed by atoms with Crippen LogP contribution in [0.25, 0.3) is 0 Å². The highest BCUT2D eigenvalue weighted by atomic mass is 16.5. The molecule has 0 spiro atoms. The Balaban J connectivity index is 2.15. The van der Waals surface area contributed by atoms with Crippen molar-refractivity contribution in [2.75, 3.05) is 13.2 Å². The average molecular weight is 194 g/mol. The van der Waals surface area contributed by atoms with Crippen LogP contribution in [-0.2, 0) is 6.42 Å². The lowest BCUT2D eigenvalue weighted by Crippen LogP contribution is -2.02. The zero-order valence-electron chi connectivity index (χ0n) is 7.94. The van der Waals surface area contributed by atoms with Gasteiger partial charge in [-0.3, -0.25) is 0 Å². The van der Waals surface area contributed by atoms with E-state index in [-0.39, 0.29) is 12.7 Å². The molecule has 0 heterocycles. The van der Waals surface area contributed by atoms with Crippen LogP contribution in [0.1, 0.15) is 23.7 Å². The third-order valence-electron chi connectivity index (χ3n) is 2.52. The number of fused-ring (bicyclic) bond motifs is 1. The molecule has 0 radical (unpaired) electrons. The summed E-state index contributed by atoms with van der Waals surface area (Å²) in [6.45, 7) is 0.348. The van der Waals surface area contributed by atoms with Crippen molar-refractivity contribution >= 4 is 0 Å². The fraction of sp³-hybridized carbons (Fsp3) is 0.455. The second-order valence-electron chi connectivity index (χ2n) is 3.49. The molecule has 1 unspecified atom stereocenters. The molecule has 2 N–H and O–H groups in total. The molecular formula is C11H14O3. The van der Waals surface area contributed by atoms with Crippen LogP contribution in [0.15, 0.2) is 18.2 Å². The van der Waals surface area contributed by atoms with Crippen LogP contribution in [0.5, 0.6) is 5.75 Å². The summed E-state index contributed by atoms with van der Waals surface area (Å²) in [5.74, 6) is 0.770. The van der Waals surface area contributed by atoms with Crippen molar-refractivity contribution in [2.45, 2.75) is 18.9 Å². The van der Waals surface area contributed by atoms with Gasteiger partial charge in [0.2, 0.25) is 0 Å². The normalized spacial score (nSPS) is 19.4. The molecule has 0 saturated carbocycles. The molecule has 1 aliphatic rings. The van der Waals surface area contributed by atoms with Crippen molar-refractivity contribution in [2.24, 2.45) is 0 Å². The van der Waals surface area contributed by atoms with Gasteiger partial charge in [0.25, 0.3) is 0 Å². The monoisotopic (exact) mass is 194 g/mol. The van der Waals surface area contributed by atoms with Crippen LogP contribution < -0.4 is 4.74 Å². The maximum Gasteiger partial charge on any atom is 0.119 e. The molecule has 3 nitrogen and oxygen atoms in total. The number of hydrogen-bond donors (Lipinski definition) is 2. The van der Waals surface area contributed by atoms with Gasteiger partial charge in [0.15, 0.2) is 0 Å². The van der Waals surface area contributed by atoms with Crippen molar-refractivity contribution in [3.63, 3.8) is 0 Å². The Morgan fingerprint density at radius 1 is 1.43 bits per heavy atom. The fourth-order valence-electron chi connectivity index (χ4n) is 1.82. The van der Waals surface area contributed by atoms with Gasteiger partial charge in [-0.25, -0.2) is 0 Å². The van der Waals surface area contributed by atoms with Crippen LogP contribution in [0.2, 0.25) is 0 Å². The molecule has 1 aromatic carbocycles. The van der Waals surface area contributed by atoms with E-state index in [4.69, 9.17) is 9.84 Å². The Morgan fingerprint density at radius 2 is 2.29 bits per heavy atom. The zero-order chi connectivity index (χ0) is 9.97. The van der Waals surface area contributed by atoms with Crippen molar-refractivity contribution in [1.82, 2.24) is 0 Å². The Hall–Kier alpha value is -1.06. The van der Waals surface area contributed by atoms with Crippen LogP contribution in [0.4, 0.5) is 0 Å². The van der Waals surface area contributed by atoms with E-state index in [1.54, 1.807) is 0 Å². The molecule has 0 aliphatic heterocycles. The maximum atomic E-state index is 9.57. The van der Waals surface area contributed by atoms with Crippen LogP contribution >= 0.6 is 0 Å². The molecule has 76 valence electrons. The molecule has 1 atom stereocenters. The van der Waals surface area contributed by atoms with E-state index in [1.807, 2.05) is 18.2 Å². The second kappa shape index (κ2) is 3.98. The summed E-state index contributed by atoms with van der Waals surface area (Å²) in [7, 11) is 0. The van der Waals surface area contributed by atoms with E-state index >= 15 is 0 Å². The highest BCUT2D eigenvalue weighted by molar-refractivity contribution is 5.39. The molecular weight excluding hydrogens is 180 g/mol. The number of aliphatic hydroxyl groups is 2. The Kier molecular flexibility index (Phi) is 2.70. The zero-order valence-corrected chi connectivity index (χ0v) is 7.94. The molecule has 0 aromatic heterocycles. The van der Waals surface area contributed by atoms with Crippen LogP contribution in [-0.4, -0.2) is 23.4 Å². The largest absolute Gasteiger partial charge is 0.491 e. The fourth-order valence-corrected chi connectivity index (χ4v) is 1.82. The number of benzene rings is 1. The lowest BCUT2D eigenvalue weighted by Gasteiger charge is -2.07. The lowest BCUT2D eigenvalue weighted by atomic mass is 10.1. The molecule has 0 saturated heterocycles. The first-order valence-electron chi connectivity index (χ1n) is 4.86. The van der Waals surface area contributed by atoms with Gasteiger partial charge in [-0.15, -0.1) is 0 Å². The number of aryl methyl sites for hydroxylation is 1. The van der Waals surface area contributed by atoms with E-state index < -0.39 is 0 Å². The van der Waals surface area contributed by atoms with Crippen molar-refractivity contribution in [3.05, 3.63) is 29.3 Å². The predicted octanol–water partition coefficient (Wildman–Crippen LogP) is 1.04. The molecule has 3 heteroatoms. The predicted molar refractivity (Wildman–Crippen MR) is 52.3 cm³/mol. The van der Waals surface area contributed by atoms with Gasteiger partial charge in [0, 0.05) is 0 Å². The van der Waals surface area contributed by atoms with Crippen molar-refractivity contribution in [3.8, 4) is 5.75 Å². The summed E-state index contributed by atoms with van der Waals surface area (Å²) in [4.78, 5) is 0. The Bertz CT molecular complexity index is 322. The van der Waals surface area contributed by atoms with Gasteiger partial charge < -0.3 is 14.9 Å². The minimum Gasteiger partial charge on any atom is -0.491 e. The molecule has 14 heavy (non-hydrogen) atoms. The summed E-state index contributed by atoms with van der Waals surface area (Å²) in [6, 6.07) is 5.68. The third-order valence-corrected chi connectivity index (χ3v) is 2.52. The first-order chi connectivity index (χ1) is 6.81. The Labute approximate surface area is 83.0 Å². The van der Waals surface area contributed by atoms with Crippen LogP contribution in [0.3, 0.4) is 0 Å². The van der Waals surface area contributed by atoms with Crippen molar-refractivity contribution in [1.29, 1.82) is 0 Å². The summed E-state index contributed by atoms with van der Waals surface area (Å²) in [5.41, 5.74) is 2.18. The lowest BCUT2D eigenvalue weighted by molar-refractivity contribution is 0.180. The summed E-state index contributed by atoms with van der Waals surface area (Å²) in [5, 5.41) is 18.2. The number of aliphatic hydroxyl groups excluding tert-OH is 2. The quantitative estimate of drug-likeness (QED) is 0.755. The number of hydrogen-bond acceptors (Lipinski definition) is 3. The highest BCUT2D eigenvalue weighted by Crippen LogP contribution is 2.33. The first kappa shape index (κ1) is 9.49. The summed E-state index contributed by atoms with van der Waals surface area (Å²) in [6.07, 6.45) is 1.41. The topological polar surface area (TPSA) is 49.7 Å². The van der Waals surface area contributed by atoms with E-state index in [1.165, 1.54) is 0 Å². The number of rotatable bonds is 3. The van der Waals surface area contributed by atoms with E-state index in [9.17, 15) is 5.11 Å². The molecule has 1 aliphatic carbocycles. The van der Waals surface area contributed by atoms with Crippen LogP contribution in [0, 0.1) is 0 Å². The van der Waals surface area contributed by atoms with E-state index in [2.05, 4.69) is 0 Å². The van der Waals surface area contributed by atoms with Gasteiger partial charge in [0.1, 0.15) is 12.4 Å².